The Kier molecular flexibility index (Phi) is 9.10. The number of nitrogens with zero attached hydrogens (tertiary/aromatic N) is 4. The van der Waals surface area contributed by atoms with Crippen LogP contribution in [0.1, 0.15) is 84.0 Å². The summed E-state index contributed by atoms with van der Waals surface area (Å²) in [6.45, 7) is 8.62. The number of Topliss-reactive ketones (excluding diaryl/α,β-unsaturated/α-hetero) is 1. The number of ketones is 1. The zero-order chi connectivity index (χ0) is 38.5. The number of ether oxygens (including phenoxy) is 2. The van der Waals surface area contributed by atoms with E-state index in [0.29, 0.717) is 49.2 Å². The third kappa shape index (κ3) is 7.02. The maximum atomic E-state index is 13.2. The Labute approximate surface area is 318 Å². The van der Waals surface area contributed by atoms with E-state index < -0.39 is 29.7 Å². The lowest BCUT2D eigenvalue weighted by Crippen LogP contribution is -2.63. The Bertz CT molecular complexity index is 2190. The summed E-state index contributed by atoms with van der Waals surface area (Å²) in [5.41, 5.74) is 4.00. The molecule has 282 valence electrons. The molecule has 4 heterocycles. The van der Waals surface area contributed by atoms with Gasteiger partial charge in [0.1, 0.15) is 36.5 Å². The fraction of sp³-hybridized carbons (Fsp3) is 0.357. The van der Waals surface area contributed by atoms with Crippen LogP contribution in [0.4, 0.5) is 11.6 Å². The van der Waals surface area contributed by atoms with Crippen LogP contribution < -0.4 is 25.0 Å². The van der Waals surface area contributed by atoms with Gasteiger partial charge in [0, 0.05) is 55.1 Å². The number of benzene rings is 3. The van der Waals surface area contributed by atoms with Gasteiger partial charge in [-0.15, -0.1) is 0 Å². The molecular weight excluding hydrogens is 700 g/mol. The molecule has 8 rings (SSSR count). The van der Waals surface area contributed by atoms with Gasteiger partial charge >= 0.3 is 0 Å². The second kappa shape index (κ2) is 13.9. The molecule has 1 spiro atoms. The molecule has 4 amide bonds. The standard InChI is InChI=1S/C42H42N6O7/c1-25(44-28-8-13-33-34(18-28)39(53)48(38(33)52)35-14-15-36(50)46-37(35)51)21-54-31-9-4-26(5-10-31)41(2,3)27-6-11-32(12-7-27)55-22-29-16-17-43-40(45-29)47-23-42(24-47)19-30(49)20-42/h4-13,16-18,25,35,44H,14-15,19-24H2,1-3H3,(H,46,50,51). The first-order valence-electron chi connectivity index (χ1n) is 18.5. The minimum absolute atomic E-state index is 0.0691. The number of rotatable bonds is 12. The Hall–Kier alpha value is -6.11. The summed E-state index contributed by atoms with van der Waals surface area (Å²) in [6.07, 6.45) is 3.28. The van der Waals surface area contributed by atoms with Crippen molar-refractivity contribution in [2.45, 2.75) is 70.6 Å². The second-order valence-electron chi connectivity index (χ2n) is 15.6. The molecule has 13 heteroatoms. The number of aromatic nitrogens is 2. The Balaban J connectivity index is 0.820. The molecule has 4 aromatic rings. The number of hydrogen-bond acceptors (Lipinski definition) is 11. The molecule has 1 aliphatic carbocycles. The molecule has 2 saturated heterocycles. The molecule has 1 aromatic heterocycles. The van der Waals surface area contributed by atoms with Crippen LogP contribution in [0.15, 0.2) is 79.0 Å². The Morgan fingerprint density at radius 1 is 0.873 bits per heavy atom. The zero-order valence-electron chi connectivity index (χ0n) is 31.0. The lowest BCUT2D eigenvalue weighted by atomic mass is 9.63. The summed E-state index contributed by atoms with van der Waals surface area (Å²) >= 11 is 0. The van der Waals surface area contributed by atoms with Crippen LogP contribution in [0.5, 0.6) is 11.5 Å². The fourth-order valence-electron chi connectivity index (χ4n) is 7.90. The van der Waals surface area contributed by atoms with Crippen LogP contribution in [0, 0.1) is 5.41 Å². The first-order chi connectivity index (χ1) is 26.4. The number of fused-ring (bicyclic) bond motifs is 1. The van der Waals surface area contributed by atoms with Crippen LogP contribution in [-0.2, 0) is 26.4 Å². The van der Waals surface area contributed by atoms with Crippen molar-refractivity contribution in [3.05, 3.63) is 107 Å². The summed E-state index contributed by atoms with van der Waals surface area (Å²) < 4.78 is 12.2. The zero-order valence-corrected chi connectivity index (χ0v) is 31.0. The van der Waals surface area contributed by atoms with E-state index in [9.17, 15) is 24.0 Å². The predicted molar refractivity (Wildman–Crippen MR) is 202 cm³/mol. The molecule has 55 heavy (non-hydrogen) atoms. The summed E-state index contributed by atoms with van der Waals surface area (Å²) in [5, 5.41) is 5.54. The van der Waals surface area contributed by atoms with E-state index in [1.165, 1.54) is 0 Å². The number of amides is 4. The van der Waals surface area contributed by atoms with Crippen molar-refractivity contribution in [3.63, 3.8) is 0 Å². The predicted octanol–water partition coefficient (Wildman–Crippen LogP) is 4.83. The van der Waals surface area contributed by atoms with Gasteiger partial charge in [0.25, 0.3) is 11.8 Å². The van der Waals surface area contributed by atoms with Crippen molar-refractivity contribution < 1.29 is 33.4 Å². The van der Waals surface area contributed by atoms with Gasteiger partial charge in [0.15, 0.2) is 0 Å². The molecule has 3 fully saturated rings. The van der Waals surface area contributed by atoms with E-state index >= 15 is 0 Å². The molecule has 1 saturated carbocycles. The smallest absolute Gasteiger partial charge is 0.262 e. The molecule has 3 aromatic carbocycles. The third-order valence-electron chi connectivity index (χ3n) is 11.1. The molecule has 3 aliphatic heterocycles. The lowest BCUT2D eigenvalue weighted by molar-refractivity contribution is -0.136. The monoisotopic (exact) mass is 742 g/mol. The van der Waals surface area contributed by atoms with E-state index in [-0.39, 0.29) is 40.8 Å². The third-order valence-corrected chi connectivity index (χ3v) is 11.1. The molecule has 2 N–H and O–H groups in total. The molecule has 0 radical (unpaired) electrons. The van der Waals surface area contributed by atoms with Gasteiger partial charge in [-0.3, -0.25) is 34.2 Å². The van der Waals surface area contributed by atoms with Gasteiger partial charge in [-0.25, -0.2) is 9.97 Å². The SMILES string of the molecule is CC(COc1ccc(C(C)(C)c2ccc(OCc3ccnc(N4CC5(CC(=O)C5)C4)n3)cc2)cc1)Nc1ccc2c(c1)C(=O)N(C1CCC(=O)NC1=O)C2=O. The van der Waals surface area contributed by atoms with E-state index in [0.717, 1.165) is 40.6 Å². The maximum Gasteiger partial charge on any atom is 0.262 e. The lowest BCUT2D eigenvalue weighted by Gasteiger charge is -2.54. The largest absolute Gasteiger partial charge is 0.491 e. The second-order valence-corrected chi connectivity index (χ2v) is 15.6. The molecule has 0 bridgehead atoms. The Morgan fingerprint density at radius 2 is 1.53 bits per heavy atom. The number of hydrogen-bond donors (Lipinski definition) is 2. The van der Waals surface area contributed by atoms with E-state index in [1.807, 2.05) is 37.3 Å². The maximum absolute atomic E-state index is 13.2. The fourth-order valence-corrected chi connectivity index (χ4v) is 7.90. The quantitative estimate of drug-likeness (QED) is 0.192. The first kappa shape index (κ1) is 35.9. The highest BCUT2D eigenvalue weighted by atomic mass is 16.5. The van der Waals surface area contributed by atoms with E-state index in [4.69, 9.17) is 9.47 Å². The van der Waals surface area contributed by atoms with Crippen LogP contribution in [0.2, 0.25) is 0 Å². The molecule has 2 atom stereocenters. The minimum atomic E-state index is -1.01. The molecule has 2 unspecified atom stereocenters. The van der Waals surface area contributed by atoms with Gasteiger partial charge in [0.05, 0.1) is 22.9 Å². The van der Waals surface area contributed by atoms with Crippen molar-refractivity contribution in [1.29, 1.82) is 0 Å². The number of nitrogens with one attached hydrogen (secondary N) is 2. The normalized spacial score (nSPS) is 19.4. The summed E-state index contributed by atoms with van der Waals surface area (Å²) in [5.74, 6) is 0.354. The summed E-state index contributed by atoms with van der Waals surface area (Å²) in [6, 6.07) is 21.8. The number of piperidine rings is 1. The van der Waals surface area contributed by atoms with Gasteiger partial charge in [0.2, 0.25) is 17.8 Å². The van der Waals surface area contributed by atoms with Crippen LogP contribution >= 0.6 is 0 Å². The topological polar surface area (TPSA) is 160 Å². The van der Waals surface area contributed by atoms with Crippen molar-refractivity contribution in [3.8, 4) is 11.5 Å². The highest BCUT2D eigenvalue weighted by Gasteiger charge is 2.52. The highest BCUT2D eigenvalue weighted by Crippen LogP contribution is 2.46. The van der Waals surface area contributed by atoms with Gasteiger partial charge in [-0.1, -0.05) is 38.1 Å². The van der Waals surface area contributed by atoms with Crippen LogP contribution in [-0.4, -0.2) is 76.1 Å². The average Bonchev–Trinajstić information content (AvgIpc) is 3.39. The number of imide groups is 2. The summed E-state index contributed by atoms with van der Waals surface area (Å²) in [7, 11) is 0. The van der Waals surface area contributed by atoms with Crippen molar-refractivity contribution in [1.82, 2.24) is 20.2 Å². The number of carbonyl (C=O) groups is 5. The molecule has 13 nitrogen and oxygen atoms in total. The summed E-state index contributed by atoms with van der Waals surface area (Å²) in [4.78, 5) is 73.8. The number of anilines is 2. The highest BCUT2D eigenvalue weighted by molar-refractivity contribution is 6.23. The number of carbonyl (C=O) groups excluding carboxylic acids is 5. The van der Waals surface area contributed by atoms with E-state index in [1.54, 1.807) is 24.4 Å². The molecule has 4 aliphatic rings. The van der Waals surface area contributed by atoms with Crippen molar-refractivity contribution >= 4 is 41.0 Å². The Morgan fingerprint density at radius 3 is 2.18 bits per heavy atom. The first-order valence-corrected chi connectivity index (χ1v) is 18.5. The van der Waals surface area contributed by atoms with E-state index in [2.05, 4.69) is 63.6 Å². The average molecular weight is 743 g/mol. The van der Waals surface area contributed by atoms with Crippen LogP contribution in [0.3, 0.4) is 0 Å². The van der Waals surface area contributed by atoms with Gasteiger partial charge in [-0.05, 0) is 73.0 Å². The van der Waals surface area contributed by atoms with Gasteiger partial charge < -0.3 is 19.7 Å². The van der Waals surface area contributed by atoms with Crippen molar-refractivity contribution in [2.75, 3.05) is 29.9 Å². The minimum Gasteiger partial charge on any atom is -0.491 e. The molecular formula is C42H42N6O7. The van der Waals surface area contributed by atoms with Crippen molar-refractivity contribution in [2.24, 2.45) is 5.41 Å². The van der Waals surface area contributed by atoms with Crippen LogP contribution in [0.25, 0.3) is 0 Å². The van der Waals surface area contributed by atoms with Gasteiger partial charge in [-0.2, -0.15) is 0 Å².